The molecule has 0 bridgehead atoms. The predicted octanol–water partition coefficient (Wildman–Crippen LogP) is 0.348. The Balaban J connectivity index is 2.31. The number of hydrogen-bond donors (Lipinski definition) is 2. The zero-order valence-corrected chi connectivity index (χ0v) is 12.4. The van der Waals surface area contributed by atoms with Gasteiger partial charge in [-0.3, -0.25) is 0 Å². The Labute approximate surface area is 119 Å². The lowest BCUT2D eigenvalue weighted by molar-refractivity contribution is -0.0750. The Bertz CT molecular complexity index is 588. The van der Waals surface area contributed by atoms with Gasteiger partial charge in [0.15, 0.2) is 0 Å². The van der Waals surface area contributed by atoms with E-state index in [1.165, 1.54) is 10.4 Å². The summed E-state index contributed by atoms with van der Waals surface area (Å²) < 4.78 is 32.0. The van der Waals surface area contributed by atoms with Gasteiger partial charge in [0.1, 0.15) is 0 Å². The van der Waals surface area contributed by atoms with Crippen LogP contribution >= 0.6 is 0 Å². The number of hydrogen-bond acceptors (Lipinski definition) is 5. The van der Waals surface area contributed by atoms with Crippen molar-refractivity contribution in [2.24, 2.45) is 0 Å². The molecule has 0 amide bonds. The van der Waals surface area contributed by atoms with Crippen molar-refractivity contribution in [2.45, 2.75) is 31.0 Å². The number of nitrogen functional groups attached to an aromatic ring is 1. The fraction of sp³-hybridized carbons (Fsp3) is 0.538. The van der Waals surface area contributed by atoms with E-state index in [0.717, 1.165) is 5.56 Å². The van der Waals surface area contributed by atoms with Crippen LogP contribution in [0.15, 0.2) is 23.1 Å². The molecule has 20 heavy (non-hydrogen) atoms. The van der Waals surface area contributed by atoms with Crippen LogP contribution < -0.4 is 5.73 Å². The summed E-state index contributed by atoms with van der Waals surface area (Å²) in [7, 11) is -3.62. The second kappa shape index (κ2) is 5.69. The van der Waals surface area contributed by atoms with Gasteiger partial charge in [-0.25, -0.2) is 8.42 Å². The van der Waals surface area contributed by atoms with E-state index < -0.39 is 16.1 Å². The smallest absolute Gasteiger partial charge is 0.243 e. The number of benzene rings is 1. The molecule has 0 radical (unpaired) electrons. The second-order valence-corrected chi connectivity index (χ2v) is 7.03. The minimum atomic E-state index is -3.62. The van der Waals surface area contributed by atoms with Gasteiger partial charge in [-0.2, -0.15) is 4.31 Å². The Morgan fingerprint density at radius 1 is 1.45 bits per heavy atom. The highest BCUT2D eigenvalue weighted by molar-refractivity contribution is 7.89. The van der Waals surface area contributed by atoms with Crippen molar-refractivity contribution in [3.8, 4) is 0 Å². The summed E-state index contributed by atoms with van der Waals surface area (Å²) in [5.74, 6) is 0. The predicted molar refractivity (Wildman–Crippen MR) is 75.8 cm³/mol. The number of sulfonamides is 1. The molecule has 1 fully saturated rings. The molecule has 2 rings (SSSR count). The van der Waals surface area contributed by atoms with Gasteiger partial charge in [-0.1, -0.05) is 6.07 Å². The fourth-order valence-corrected chi connectivity index (χ4v) is 3.81. The molecule has 1 aromatic rings. The molecule has 1 aromatic carbocycles. The van der Waals surface area contributed by atoms with Gasteiger partial charge in [-0.15, -0.1) is 0 Å². The van der Waals surface area contributed by atoms with E-state index in [1.54, 1.807) is 19.1 Å². The van der Waals surface area contributed by atoms with E-state index in [4.69, 9.17) is 10.5 Å². The van der Waals surface area contributed by atoms with E-state index in [0.29, 0.717) is 5.69 Å². The molecule has 112 valence electrons. The summed E-state index contributed by atoms with van der Waals surface area (Å²) in [6, 6.07) is 4.71. The molecule has 6 nitrogen and oxygen atoms in total. The Kier molecular flexibility index (Phi) is 4.33. The summed E-state index contributed by atoms with van der Waals surface area (Å²) in [6.07, 6.45) is -0.741. The molecule has 2 atom stereocenters. The van der Waals surface area contributed by atoms with Crippen molar-refractivity contribution in [2.75, 3.05) is 25.4 Å². The van der Waals surface area contributed by atoms with Crippen LogP contribution in [-0.4, -0.2) is 49.7 Å². The quantitative estimate of drug-likeness (QED) is 0.786. The highest BCUT2D eigenvalue weighted by Crippen LogP contribution is 2.23. The highest BCUT2D eigenvalue weighted by Gasteiger charge is 2.33. The van der Waals surface area contributed by atoms with Crippen LogP contribution in [0.4, 0.5) is 5.69 Å². The van der Waals surface area contributed by atoms with Crippen molar-refractivity contribution in [1.82, 2.24) is 4.31 Å². The molecule has 7 heteroatoms. The summed E-state index contributed by atoms with van der Waals surface area (Å²) in [4.78, 5) is 0.173. The zero-order chi connectivity index (χ0) is 14.9. The van der Waals surface area contributed by atoms with Gasteiger partial charge >= 0.3 is 0 Å². The van der Waals surface area contributed by atoms with Gasteiger partial charge in [0.2, 0.25) is 10.0 Å². The SMILES string of the molecule is Cc1ccc(S(=O)(=O)N2CC(C)OC(CO)C2)cc1N. The maximum absolute atomic E-state index is 12.6. The number of ether oxygens (including phenoxy) is 1. The first kappa shape index (κ1) is 15.2. The van der Waals surface area contributed by atoms with Gasteiger partial charge in [0.05, 0.1) is 23.7 Å². The number of rotatable bonds is 3. The summed E-state index contributed by atoms with van der Waals surface area (Å²) in [5, 5.41) is 9.18. The van der Waals surface area contributed by atoms with Crippen molar-refractivity contribution in [3.63, 3.8) is 0 Å². The second-order valence-electron chi connectivity index (χ2n) is 5.09. The van der Waals surface area contributed by atoms with Crippen LogP contribution in [-0.2, 0) is 14.8 Å². The lowest BCUT2D eigenvalue weighted by Crippen LogP contribution is -2.50. The number of aryl methyl sites for hydroxylation is 1. The van der Waals surface area contributed by atoms with Crippen LogP contribution in [0.25, 0.3) is 0 Å². The number of anilines is 1. The van der Waals surface area contributed by atoms with Crippen molar-refractivity contribution in [1.29, 1.82) is 0 Å². The molecule has 0 saturated carbocycles. The van der Waals surface area contributed by atoms with E-state index >= 15 is 0 Å². The van der Waals surface area contributed by atoms with Gasteiger partial charge in [0, 0.05) is 18.8 Å². The summed E-state index contributed by atoms with van der Waals surface area (Å²) in [6.45, 7) is 3.83. The van der Waals surface area contributed by atoms with Crippen LogP contribution in [0.5, 0.6) is 0 Å². The van der Waals surface area contributed by atoms with Crippen molar-refractivity contribution >= 4 is 15.7 Å². The van der Waals surface area contributed by atoms with Crippen LogP contribution in [0.1, 0.15) is 12.5 Å². The fourth-order valence-electron chi connectivity index (χ4n) is 2.23. The molecule has 1 aliphatic heterocycles. The molecule has 1 heterocycles. The van der Waals surface area contributed by atoms with Gasteiger partial charge in [-0.05, 0) is 31.5 Å². The molecule has 0 spiro atoms. The third-order valence-electron chi connectivity index (χ3n) is 3.38. The first-order valence-corrected chi connectivity index (χ1v) is 7.91. The normalized spacial score (nSPS) is 24.8. The number of aliphatic hydroxyl groups is 1. The zero-order valence-electron chi connectivity index (χ0n) is 11.6. The van der Waals surface area contributed by atoms with Crippen LogP contribution in [0.2, 0.25) is 0 Å². The number of nitrogens with zero attached hydrogens (tertiary/aromatic N) is 1. The number of morpholine rings is 1. The van der Waals surface area contributed by atoms with Gasteiger partial charge in [0.25, 0.3) is 0 Å². The lowest BCUT2D eigenvalue weighted by Gasteiger charge is -2.35. The maximum atomic E-state index is 12.6. The third-order valence-corrected chi connectivity index (χ3v) is 5.21. The average Bonchev–Trinajstić information content (AvgIpc) is 2.41. The molecule has 2 unspecified atom stereocenters. The number of nitrogens with two attached hydrogens (primary N) is 1. The average molecular weight is 300 g/mol. The van der Waals surface area contributed by atoms with Gasteiger partial charge < -0.3 is 15.6 Å². The third kappa shape index (κ3) is 2.95. The summed E-state index contributed by atoms with van der Waals surface area (Å²) >= 11 is 0. The lowest BCUT2D eigenvalue weighted by atomic mass is 10.2. The monoisotopic (exact) mass is 300 g/mol. The highest BCUT2D eigenvalue weighted by atomic mass is 32.2. The molecule has 0 aromatic heterocycles. The summed E-state index contributed by atoms with van der Waals surface area (Å²) in [5.41, 5.74) is 7.07. The van der Waals surface area contributed by atoms with E-state index in [-0.39, 0.29) is 30.7 Å². The van der Waals surface area contributed by atoms with E-state index in [1.807, 2.05) is 6.92 Å². The van der Waals surface area contributed by atoms with E-state index in [9.17, 15) is 13.5 Å². The van der Waals surface area contributed by atoms with Crippen molar-refractivity contribution in [3.05, 3.63) is 23.8 Å². The maximum Gasteiger partial charge on any atom is 0.243 e. The molecule has 1 aliphatic rings. The first-order chi connectivity index (χ1) is 9.34. The molecular weight excluding hydrogens is 280 g/mol. The number of aliphatic hydroxyl groups excluding tert-OH is 1. The first-order valence-electron chi connectivity index (χ1n) is 6.47. The minimum absolute atomic E-state index is 0.150. The minimum Gasteiger partial charge on any atom is -0.398 e. The molecule has 1 saturated heterocycles. The molecule has 3 N–H and O–H groups in total. The van der Waals surface area contributed by atoms with Crippen molar-refractivity contribution < 1.29 is 18.3 Å². The molecule has 0 aliphatic carbocycles. The standard InChI is InChI=1S/C13H20N2O4S/c1-9-3-4-12(5-13(9)14)20(17,18)15-6-10(2)19-11(7-15)8-16/h3-5,10-11,16H,6-8,14H2,1-2H3. The largest absolute Gasteiger partial charge is 0.398 e. The Morgan fingerprint density at radius 2 is 2.15 bits per heavy atom. The molecular formula is C13H20N2O4S. The van der Waals surface area contributed by atoms with E-state index in [2.05, 4.69) is 0 Å². The topological polar surface area (TPSA) is 92.9 Å². The van der Waals surface area contributed by atoms with Crippen LogP contribution in [0, 0.1) is 6.92 Å². The van der Waals surface area contributed by atoms with Crippen LogP contribution in [0.3, 0.4) is 0 Å². The Hall–Kier alpha value is -1.15. The Morgan fingerprint density at radius 3 is 2.75 bits per heavy atom.